The zero-order valence-corrected chi connectivity index (χ0v) is 16.7. The van der Waals surface area contributed by atoms with Gasteiger partial charge in [0.15, 0.2) is 0 Å². The Morgan fingerprint density at radius 1 is 1.08 bits per heavy atom. The van der Waals surface area contributed by atoms with E-state index < -0.39 is 5.97 Å². The number of benzene rings is 1. The number of hydrogen-bond donors (Lipinski definition) is 0. The summed E-state index contributed by atoms with van der Waals surface area (Å²) in [5.41, 5.74) is 0.931. The molecule has 1 saturated heterocycles. The van der Waals surface area contributed by atoms with E-state index >= 15 is 0 Å². The maximum Gasteiger partial charge on any atom is 0.338 e. The number of anilines is 1. The van der Waals surface area contributed by atoms with Gasteiger partial charge in [-0.3, -0.25) is 14.5 Å². The van der Waals surface area contributed by atoms with E-state index in [2.05, 4.69) is 31.9 Å². The van der Waals surface area contributed by atoms with Crippen molar-refractivity contribution in [2.24, 2.45) is 23.7 Å². The lowest BCUT2D eigenvalue weighted by molar-refractivity contribution is -0.123. The molecule has 2 aliphatic carbocycles. The highest BCUT2D eigenvalue weighted by Gasteiger charge is 2.66. The summed E-state index contributed by atoms with van der Waals surface area (Å²) in [5, 5.41) is 0. The predicted molar refractivity (Wildman–Crippen MR) is 98.9 cm³/mol. The van der Waals surface area contributed by atoms with Crippen LogP contribution < -0.4 is 4.90 Å². The van der Waals surface area contributed by atoms with Gasteiger partial charge in [0.1, 0.15) is 0 Å². The van der Waals surface area contributed by atoms with Gasteiger partial charge in [0.25, 0.3) is 0 Å². The number of ether oxygens (including phenoxy) is 1. The third kappa shape index (κ3) is 2.42. The molecule has 2 saturated carbocycles. The van der Waals surface area contributed by atoms with Crippen molar-refractivity contribution in [2.45, 2.75) is 23.0 Å². The normalized spacial score (nSPS) is 36.0. The van der Waals surface area contributed by atoms with Crippen LogP contribution in [0.3, 0.4) is 0 Å². The molecule has 0 unspecified atom stereocenters. The van der Waals surface area contributed by atoms with Gasteiger partial charge < -0.3 is 4.74 Å². The zero-order chi connectivity index (χ0) is 17.9. The molecule has 3 fully saturated rings. The average molecular weight is 471 g/mol. The van der Waals surface area contributed by atoms with Crippen LogP contribution in [0, 0.1) is 23.7 Å². The van der Waals surface area contributed by atoms with E-state index in [1.54, 1.807) is 31.2 Å². The average Bonchev–Trinajstić information content (AvgIpc) is 3.20. The molecule has 1 heterocycles. The Morgan fingerprint density at radius 2 is 1.60 bits per heavy atom. The van der Waals surface area contributed by atoms with Crippen LogP contribution in [0.1, 0.15) is 23.7 Å². The van der Waals surface area contributed by atoms with E-state index in [1.807, 2.05) is 0 Å². The number of amides is 2. The Kier molecular flexibility index (Phi) is 4.27. The smallest absolute Gasteiger partial charge is 0.338 e. The maximum atomic E-state index is 12.9. The largest absolute Gasteiger partial charge is 0.462 e. The number of esters is 1. The second-order valence-corrected chi connectivity index (χ2v) is 8.90. The molecule has 4 rings (SSSR count). The minimum Gasteiger partial charge on any atom is -0.462 e. The Balaban J connectivity index is 1.61. The molecule has 0 radical (unpaired) electrons. The SMILES string of the molecule is CCOC(=O)c1ccc(N2C(=O)[C@@H]3[C@H]4C[C@@H]([C@H](Br)[C@@H]4Br)[C@@H]3C2=O)cc1. The predicted octanol–water partition coefficient (Wildman–Crippen LogP) is 3.15. The molecular formula is C18H17Br2NO4. The van der Waals surface area contributed by atoms with Crippen LogP contribution in [-0.2, 0) is 14.3 Å². The topological polar surface area (TPSA) is 63.7 Å². The van der Waals surface area contributed by atoms with Gasteiger partial charge in [0.05, 0.1) is 29.7 Å². The first-order valence-corrected chi connectivity index (χ1v) is 10.2. The van der Waals surface area contributed by atoms with Gasteiger partial charge in [-0.15, -0.1) is 0 Å². The van der Waals surface area contributed by atoms with Crippen molar-refractivity contribution >= 4 is 55.3 Å². The molecule has 1 aliphatic heterocycles. The summed E-state index contributed by atoms with van der Waals surface area (Å²) >= 11 is 7.36. The summed E-state index contributed by atoms with van der Waals surface area (Å²) < 4.78 is 4.96. The highest BCUT2D eigenvalue weighted by atomic mass is 79.9. The summed E-state index contributed by atoms with van der Waals surface area (Å²) in [6.45, 7) is 2.05. The summed E-state index contributed by atoms with van der Waals surface area (Å²) in [6.07, 6.45) is 0.911. The number of imide groups is 1. The van der Waals surface area contributed by atoms with Crippen LogP contribution in [0.15, 0.2) is 24.3 Å². The van der Waals surface area contributed by atoms with Crippen LogP contribution >= 0.6 is 31.9 Å². The van der Waals surface area contributed by atoms with Gasteiger partial charge in [-0.1, -0.05) is 31.9 Å². The lowest BCUT2D eigenvalue weighted by Crippen LogP contribution is -2.37. The Labute approximate surface area is 162 Å². The maximum absolute atomic E-state index is 12.9. The molecule has 25 heavy (non-hydrogen) atoms. The molecule has 0 aromatic heterocycles. The number of nitrogens with zero attached hydrogens (tertiary/aromatic N) is 1. The number of rotatable bonds is 3. The standard InChI is InChI=1S/C18H17Br2NO4/c1-2-25-18(24)8-3-5-9(6-4-8)21-16(22)12-10-7-11(13(12)17(21)23)15(20)14(10)19/h3-6,10-15H,2,7H2,1H3/t10-,11-,12-,13+,14-,15+/m1/s1. The van der Waals surface area contributed by atoms with Crippen molar-refractivity contribution in [1.82, 2.24) is 0 Å². The van der Waals surface area contributed by atoms with E-state index in [-0.39, 0.29) is 45.1 Å². The van der Waals surface area contributed by atoms with Crippen molar-refractivity contribution in [3.63, 3.8) is 0 Å². The number of fused-ring (bicyclic) bond motifs is 5. The van der Waals surface area contributed by atoms with Gasteiger partial charge in [-0.05, 0) is 49.4 Å². The summed E-state index contributed by atoms with van der Waals surface area (Å²) in [5.74, 6) is -0.724. The lowest BCUT2D eigenvalue weighted by atomic mass is 9.81. The van der Waals surface area contributed by atoms with Crippen molar-refractivity contribution in [3.05, 3.63) is 29.8 Å². The minimum atomic E-state index is -0.410. The van der Waals surface area contributed by atoms with Crippen LogP contribution in [0.5, 0.6) is 0 Å². The number of hydrogen-bond acceptors (Lipinski definition) is 4. The Bertz CT molecular complexity index is 718. The molecule has 5 nitrogen and oxygen atoms in total. The third-order valence-electron chi connectivity index (χ3n) is 5.62. The molecule has 0 spiro atoms. The quantitative estimate of drug-likeness (QED) is 0.386. The molecule has 0 N–H and O–H groups in total. The fourth-order valence-electron chi connectivity index (χ4n) is 4.56. The van der Waals surface area contributed by atoms with Crippen LogP contribution in [-0.4, -0.2) is 34.0 Å². The van der Waals surface area contributed by atoms with E-state index in [9.17, 15) is 14.4 Å². The van der Waals surface area contributed by atoms with Gasteiger partial charge in [0.2, 0.25) is 11.8 Å². The van der Waals surface area contributed by atoms with Crippen molar-refractivity contribution < 1.29 is 19.1 Å². The fourth-order valence-corrected chi connectivity index (χ4v) is 6.44. The van der Waals surface area contributed by atoms with E-state index in [4.69, 9.17) is 4.74 Å². The molecular weight excluding hydrogens is 454 g/mol. The Hall–Kier alpha value is -1.21. The molecule has 1 aromatic carbocycles. The van der Waals surface area contributed by atoms with E-state index in [1.165, 1.54) is 4.90 Å². The van der Waals surface area contributed by atoms with E-state index in [0.717, 1.165) is 6.42 Å². The van der Waals surface area contributed by atoms with Gasteiger partial charge in [-0.25, -0.2) is 4.79 Å². The van der Waals surface area contributed by atoms with Gasteiger partial charge >= 0.3 is 5.97 Å². The van der Waals surface area contributed by atoms with Gasteiger partial charge in [-0.2, -0.15) is 0 Å². The second-order valence-electron chi connectivity index (χ2n) is 6.78. The molecule has 132 valence electrons. The van der Waals surface area contributed by atoms with Crippen LogP contribution in [0.25, 0.3) is 0 Å². The number of carbonyl (C=O) groups is 3. The molecule has 3 aliphatic rings. The second kappa shape index (κ2) is 6.20. The molecule has 1 aromatic rings. The first-order valence-electron chi connectivity index (χ1n) is 8.38. The zero-order valence-electron chi connectivity index (χ0n) is 13.5. The highest BCUT2D eigenvalue weighted by molar-refractivity contribution is 9.12. The van der Waals surface area contributed by atoms with Crippen LogP contribution in [0.2, 0.25) is 0 Å². The monoisotopic (exact) mass is 469 g/mol. The fraction of sp³-hybridized carbons (Fsp3) is 0.500. The summed E-state index contributed by atoms with van der Waals surface area (Å²) in [7, 11) is 0. The lowest BCUT2D eigenvalue weighted by Gasteiger charge is -2.28. The number of alkyl halides is 2. The first-order chi connectivity index (χ1) is 12.0. The first kappa shape index (κ1) is 17.2. The van der Waals surface area contributed by atoms with Crippen molar-refractivity contribution in [1.29, 1.82) is 0 Å². The van der Waals surface area contributed by atoms with Gasteiger partial charge in [0, 0.05) is 9.65 Å². The summed E-state index contributed by atoms with van der Waals surface area (Å²) in [6, 6.07) is 6.47. The molecule has 2 amide bonds. The molecule has 6 atom stereocenters. The summed E-state index contributed by atoms with van der Waals surface area (Å²) in [4.78, 5) is 39.4. The third-order valence-corrected chi connectivity index (χ3v) is 8.83. The molecule has 2 bridgehead atoms. The molecule has 7 heteroatoms. The number of carbonyl (C=O) groups excluding carboxylic acids is 3. The van der Waals surface area contributed by atoms with Crippen LogP contribution in [0.4, 0.5) is 5.69 Å². The highest BCUT2D eigenvalue weighted by Crippen LogP contribution is 2.60. The number of halogens is 2. The minimum absolute atomic E-state index is 0.116. The Morgan fingerprint density at radius 3 is 2.08 bits per heavy atom. The van der Waals surface area contributed by atoms with E-state index in [0.29, 0.717) is 17.9 Å². The van der Waals surface area contributed by atoms with Crippen molar-refractivity contribution in [2.75, 3.05) is 11.5 Å². The van der Waals surface area contributed by atoms with Crippen molar-refractivity contribution in [3.8, 4) is 0 Å².